The molecular weight excluding hydrogens is 795 g/mol. The molecule has 0 aromatic rings. The van der Waals surface area contributed by atoms with Crippen molar-refractivity contribution in [2.45, 2.75) is 353 Å². The van der Waals surface area contributed by atoms with Crippen molar-refractivity contribution in [3.63, 3.8) is 0 Å². The summed E-state index contributed by atoms with van der Waals surface area (Å²) in [5, 5.41) is 23.2. The van der Waals surface area contributed by atoms with Crippen LogP contribution in [0.2, 0.25) is 0 Å². The van der Waals surface area contributed by atoms with Crippen molar-refractivity contribution in [1.29, 1.82) is 0 Å². The van der Waals surface area contributed by atoms with Crippen molar-refractivity contribution in [3.8, 4) is 0 Å². The highest BCUT2D eigenvalue weighted by Gasteiger charge is 2.18. The third-order valence-corrected chi connectivity index (χ3v) is 14.2. The molecule has 3 N–H and O–H groups in total. The number of rotatable bonds is 56. The van der Waals surface area contributed by atoms with Crippen molar-refractivity contribution in [2.24, 2.45) is 0 Å². The van der Waals surface area contributed by atoms with Gasteiger partial charge in [-0.2, -0.15) is 0 Å². The molecule has 0 heterocycles. The summed E-state index contributed by atoms with van der Waals surface area (Å²) in [6.45, 7) is 4.34. The number of hydrogen-bond acceptors (Lipinski definition) is 3. The van der Waals surface area contributed by atoms with Crippen LogP contribution in [-0.2, 0) is 4.79 Å². The Bertz CT molecular complexity index is 947. The van der Waals surface area contributed by atoms with Gasteiger partial charge in [0.15, 0.2) is 0 Å². The lowest BCUT2D eigenvalue weighted by atomic mass is 10.0. The summed E-state index contributed by atoms with van der Waals surface area (Å²) in [6, 6.07) is -0.637. The maximum Gasteiger partial charge on any atom is 0.220 e. The van der Waals surface area contributed by atoms with Crippen LogP contribution in [-0.4, -0.2) is 34.9 Å². The van der Waals surface area contributed by atoms with Gasteiger partial charge in [-0.3, -0.25) is 4.79 Å². The Morgan fingerprint density at radius 2 is 0.600 bits per heavy atom. The van der Waals surface area contributed by atoms with Gasteiger partial charge in [-0.1, -0.05) is 327 Å². The molecule has 0 aromatic carbocycles. The van der Waals surface area contributed by atoms with E-state index in [-0.39, 0.29) is 12.5 Å². The first-order valence-electron chi connectivity index (χ1n) is 30.1. The minimum atomic E-state index is -0.860. The Hall–Kier alpha value is -1.13. The van der Waals surface area contributed by atoms with E-state index in [1.165, 1.54) is 289 Å². The molecule has 1 amide bonds. The van der Waals surface area contributed by atoms with Crippen molar-refractivity contribution in [3.05, 3.63) is 24.3 Å². The molecule has 2 atom stereocenters. The van der Waals surface area contributed by atoms with Gasteiger partial charge in [-0.25, -0.2) is 0 Å². The van der Waals surface area contributed by atoms with E-state index >= 15 is 0 Å². The largest absolute Gasteiger partial charge is 0.394 e. The number of carbonyl (C=O) groups is 1. The van der Waals surface area contributed by atoms with Crippen molar-refractivity contribution >= 4 is 5.91 Å². The average Bonchev–Trinajstić information content (AvgIpc) is 3.31. The lowest BCUT2D eigenvalue weighted by Crippen LogP contribution is -2.45. The summed E-state index contributed by atoms with van der Waals surface area (Å²) in [6.07, 6.45) is 76.5. The quantitative estimate of drug-likeness (QED) is 0.0421. The van der Waals surface area contributed by atoms with Crippen molar-refractivity contribution in [2.75, 3.05) is 6.61 Å². The van der Waals surface area contributed by atoms with E-state index in [1.807, 2.05) is 6.08 Å². The molecule has 0 radical (unpaired) electrons. The minimum absolute atomic E-state index is 0.0657. The molecule has 0 aliphatic carbocycles. The normalized spacial score (nSPS) is 12.9. The zero-order valence-electron chi connectivity index (χ0n) is 44.5. The van der Waals surface area contributed by atoms with Crippen LogP contribution >= 0.6 is 0 Å². The van der Waals surface area contributed by atoms with Gasteiger partial charge >= 0.3 is 0 Å². The SMILES string of the molecule is CCCCCCCCCCCCCCCCCCCC/C=C/CC/C=C/C(O)C(CO)NC(=O)CCCCCCCCCCCCCCCCCCCCCCCCCCCCCCC. The molecule has 0 aliphatic heterocycles. The third-order valence-electron chi connectivity index (χ3n) is 14.2. The van der Waals surface area contributed by atoms with Crippen LogP contribution in [0.25, 0.3) is 0 Å². The highest BCUT2D eigenvalue weighted by Crippen LogP contribution is 2.18. The number of unbranched alkanes of at least 4 members (excludes halogenated alkanes) is 47. The predicted molar refractivity (Wildman–Crippen MR) is 290 cm³/mol. The molecule has 0 bridgehead atoms. The third kappa shape index (κ3) is 53.7. The van der Waals surface area contributed by atoms with Gasteiger partial charge in [-0.15, -0.1) is 0 Å². The molecule has 0 aliphatic rings. The van der Waals surface area contributed by atoms with Crippen LogP contribution in [0.3, 0.4) is 0 Å². The zero-order chi connectivity index (χ0) is 47.0. The van der Waals surface area contributed by atoms with E-state index in [0.29, 0.717) is 6.42 Å². The minimum Gasteiger partial charge on any atom is -0.394 e. The molecule has 0 saturated carbocycles. The second-order valence-electron chi connectivity index (χ2n) is 20.8. The van der Waals surface area contributed by atoms with Gasteiger partial charge in [0.1, 0.15) is 0 Å². The lowest BCUT2D eigenvalue weighted by Gasteiger charge is -2.19. The molecule has 2 unspecified atom stereocenters. The van der Waals surface area contributed by atoms with Crippen LogP contribution < -0.4 is 5.32 Å². The van der Waals surface area contributed by atoms with Crippen LogP contribution in [0.5, 0.6) is 0 Å². The highest BCUT2D eigenvalue weighted by molar-refractivity contribution is 5.76. The molecular formula is C61H119NO3. The molecule has 0 saturated heterocycles. The number of nitrogens with one attached hydrogen (secondary N) is 1. The fourth-order valence-corrected chi connectivity index (χ4v) is 9.61. The number of hydrogen-bond donors (Lipinski definition) is 3. The lowest BCUT2D eigenvalue weighted by molar-refractivity contribution is -0.123. The molecule has 386 valence electrons. The Balaban J connectivity index is 3.46. The van der Waals surface area contributed by atoms with Gasteiger partial charge in [0.2, 0.25) is 5.91 Å². The summed E-state index contributed by atoms with van der Waals surface area (Å²) in [5.41, 5.74) is 0. The first-order valence-corrected chi connectivity index (χ1v) is 30.1. The van der Waals surface area contributed by atoms with E-state index in [1.54, 1.807) is 6.08 Å². The van der Waals surface area contributed by atoms with E-state index in [2.05, 4.69) is 31.3 Å². The number of amides is 1. The van der Waals surface area contributed by atoms with Gasteiger partial charge in [0.05, 0.1) is 18.8 Å². The standard InChI is InChI=1S/C61H119NO3/c1-3-5-7-9-11-13-15-17-19-21-23-25-27-29-30-31-32-33-35-37-39-41-43-45-47-49-51-53-55-57-61(65)62-59(58-63)60(64)56-54-52-50-48-46-44-42-40-38-36-34-28-26-24-22-20-18-16-14-12-10-8-6-4-2/h46,48,54,56,59-60,63-64H,3-45,47,49-53,55,57-58H2,1-2H3,(H,62,65)/b48-46+,56-54+. The summed E-state index contributed by atoms with van der Waals surface area (Å²) in [4.78, 5) is 12.5. The van der Waals surface area contributed by atoms with Crippen LogP contribution in [0.4, 0.5) is 0 Å². The molecule has 65 heavy (non-hydrogen) atoms. The predicted octanol–water partition coefficient (Wildman–Crippen LogP) is 19.9. The van der Waals surface area contributed by atoms with Gasteiger partial charge in [0, 0.05) is 6.42 Å². The fourth-order valence-electron chi connectivity index (χ4n) is 9.61. The molecule has 0 rings (SSSR count). The summed E-state index contributed by atoms with van der Waals surface area (Å²) < 4.78 is 0. The molecule has 0 spiro atoms. The molecule has 0 aromatic heterocycles. The summed E-state index contributed by atoms with van der Waals surface area (Å²) >= 11 is 0. The average molecular weight is 915 g/mol. The number of aliphatic hydroxyl groups is 2. The monoisotopic (exact) mass is 914 g/mol. The van der Waals surface area contributed by atoms with Crippen LogP contribution in [0, 0.1) is 0 Å². The Morgan fingerprint density at radius 3 is 0.892 bits per heavy atom. The maximum absolute atomic E-state index is 12.5. The van der Waals surface area contributed by atoms with Crippen molar-refractivity contribution in [1.82, 2.24) is 5.32 Å². The van der Waals surface area contributed by atoms with E-state index in [0.717, 1.165) is 32.1 Å². The maximum atomic E-state index is 12.5. The number of allylic oxidation sites excluding steroid dienone is 3. The smallest absolute Gasteiger partial charge is 0.220 e. The van der Waals surface area contributed by atoms with Crippen molar-refractivity contribution < 1.29 is 15.0 Å². The molecule has 4 heteroatoms. The van der Waals surface area contributed by atoms with E-state index in [9.17, 15) is 15.0 Å². The van der Waals surface area contributed by atoms with Gasteiger partial charge < -0.3 is 15.5 Å². The Labute approximate surface area is 409 Å². The molecule has 0 fully saturated rings. The second-order valence-corrected chi connectivity index (χ2v) is 20.8. The summed E-state index contributed by atoms with van der Waals surface area (Å²) in [5.74, 6) is -0.0657. The summed E-state index contributed by atoms with van der Waals surface area (Å²) in [7, 11) is 0. The first-order chi connectivity index (χ1) is 32.2. The second kappa shape index (κ2) is 57.2. The Kier molecular flexibility index (Phi) is 56.2. The fraction of sp³-hybridized carbons (Fsp3) is 0.918. The molecule has 4 nitrogen and oxygen atoms in total. The van der Waals surface area contributed by atoms with Gasteiger partial charge in [-0.05, 0) is 32.1 Å². The number of aliphatic hydroxyl groups excluding tert-OH is 2. The Morgan fingerprint density at radius 1 is 0.354 bits per heavy atom. The van der Waals surface area contributed by atoms with E-state index < -0.39 is 12.1 Å². The first kappa shape index (κ1) is 63.9. The van der Waals surface area contributed by atoms with Crippen LogP contribution in [0.1, 0.15) is 341 Å². The number of carbonyl (C=O) groups excluding carboxylic acids is 1. The van der Waals surface area contributed by atoms with Gasteiger partial charge in [0.25, 0.3) is 0 Å². The zero-order valence-corrected chi connectivity index (χ0v) is 44.5. The topological polar surface area (TPSA) is 69.6 Å². The van der Waals surface area contributed by atoms with E-state index in [4.69, 9.17) is 0 Å². The van der Waals surface area contributed by atoms with Crippen LogP contribution in [0.15, 0.2) is 24.3 Å². The highest BCUT2D eigenvalue weighted by atomic mass is 16.3.